The minimum Gasteiger partial charge on any atom is -0.351 e. The van der Waals surface area contributed by atoms with Crippen LogP contribution in [-0.4, -0.2) is 19.6 Å². The molecule has 2 aromatic heterocycles. The van der Waals surface area contributed by atoms with E-state index in [1.165, 1.54) is 17.8 Å². The van der Waals surface area contributed by atoms with E-state index in [0.29, 0.717) is 5.11 Å². The SMILES string of the molecule is Cc1ccc([C@H]2[C@@H](c3ccccn3)NC(=S)N2c2ccc(Sc3ccc([N+](=O)[O-])cc3)cc2)n1C. The van der Waals surface area contributed by atoms with E-state index in [-0.39, 0.29) is 22.7 Å². The van der Waals surface area contributed by atoms with Crippen molar-refractivity contribution in [2.24, 2.45) is 7.05 Å². The number of thiocarbonyl (C=S) groups is 1. The molecule has 4 aromatic rings. The summed E-state index contributed by atoms with van der Waals surface area (Å²) in [6.45, 7) is 2.09. The monoisotopic (exact) mass is 501 g/mol. The average molecular weight is 502 g/mol. The Bertz CT molecular complexity index is 1370. The van der Waals surface area contributed by atoms with Crippen LogP contribution < -0.4 is 10.2 Å². The van der Waals surface area contributed by atoms with E-state index in [0.717, 1.165) is 26.9 Å². The maximum absolute atomic E-state index is 10.9. The number of rotatable bonds is 6. The Morgan fingerprint density at radius 1 is 1.00 bits per heavy atom. The van der Waals surface area contributed by atoms with Gasteiger partial charge in [-0.2, -0.15) is 0 Å². The first-order valence-corrected chi connectivity index (χ1v) is 12.3. The first-order chi connectivity index (χ1) is 16.9. The number of nitro groups is 1. The number of benzene rings is 2. The smallest absolute Gasteiger partial charge is 0.269 e. The van der Waals surface area contributed by atoms with E-state index >= 15 is 0 Å². The molecule has 1 saturated heterocycles. The van der Waals surface area contributed by atoms with Crippen molar-refractivity contribution in [3.63, 3.8) is 0 Å². The number of aryl methyl sites for hydroxylation is 1. The number of hydrogen-bond acceptors (Lipinski definition) is 5. The molecule has 0 saturated carbocycles. The van der Waals surface area contributed by atoms with Gasteiger partial charge in [-0.15, -0.1) is 0 Å². The molecular weight excluding hydrogens is 478 g/mol. The molecule has 0 amide bonds. The van der Waals surface area contributed by atoms with Crippen molar-refractivity contribution in [2.75, 3.05) is 4.90 Å². The van der Waals surface area contributed by atoms with Gasteiger partial charge in [0.1, 0.15) is 6.04 Å². The van der Waals surface area contributed by atoms with E-state index in [1.54, 1.807) is 30.1 Å². The second-order valence-electron chi connectivity index (χ2n) is 8.30. The summed E-state index contributed by atoms with van der Waals surface area (Å²) in [5.41, 5.74) is 4.33. The Balaban J connectivity index is 1.45. The molecular formula is C26H23N5O2S2. The number of nitrogens with zero attached hydrogens (tertiary/aromatic N) is 4. The third-order valence-corrected chi connectivity index (χ3v) is 7.54. The topological polar surface area (TPSA) is 76.2 Å². The fourth-order valence-electron chi connectivity index (χ4n) is 4.31. The Morgan fingerprint density at radius 3 is 2.26 bits per heavy atom. The highest BCUT2D eigenvalue weighted by Gasteiger charge is 2.41. The van der Waals surface area contributed by atoms with Crippen LogP contribution in [0.5, 0.6) is 0 Å². The number of pyridine rings is 1. The summed E-state index contributed by atoms with van der Waals surface area (Å²) in [6.07, 6.45) is 1.81. The van der Waals surface area contributed by atoms with Crippen LogP contribution in [0.1, 0.15) is 29.2 Å². The van der Waals surface area contributed by atoms with Crippen LogP contribution >= 0.6 is 24.0 Å². The van der Waals surface area contributed by atoms with Crippen molar-refractivity contribution in [2.45, 2.75) is 28.8 Å². The van der Waals surface area contributed by atoms with Gasteiger partial charge in [0, 0.05) is 52.2 Å². The van der Waals surface area contributed by atoms with E-state index < -0.39 is 0 Å². The molecule has 3 heterocycles. The van der Waals surface area contributed by atoms with Crippen molar-refractivity contribution in [3.8, 4) is 0 Å². The van der Waals surface area contributed by atoms with Crippen molar-refractivity contribution < 1.29 is 4.92 Å². The van der Waals surface area contributed by atoms with Gasteiger partial charge in [0.25, 0.3) is 5.69 Å². The molecule has 0 radical (unpaired) electrons. The number of non-ortho nitro benzene ring substituents is 1. The summed E-state index contributed by atoms with van der Waals surface area (Å²) in [4.78, 5) is 19.2. The van der Waals surface area contributed by atoms with Gasteiger partial charge in [-0.1, -0.05) is 17.8 Å². The average Bonchev–Trinajstić information content (AvgIpc) is 3.38. The molecule has 0 unspecified atom stereocenters. The van der Waals surface area contributed by atoms with Gasteiger partial charge in [-0.25, -0.2) is 0 Å². The lowest BCUT2D eigenvalue weighted by molar-refractivity contribution is -0.384. The summed E-state index contributed by atoms with van der Waals surface area (Å²) >= 11 is 7.37. The minimum atomic E-state index is -0.390. The molecule has 176 valence electrons. The number of nitrogens with one attached hydrogen (secondary N) is 1. The first-order valence-electron chi connectivity index (χ1n) is 11.1. The number of nitro benzene ring substituents is 1. The zero-order valence-corrected chi connectivity index (χ0v) is 20.8. The quantitative estimate of drug-likeness (QED) is 0.198. The molecule has 9 heteroatoms. The maximum atomic E-state index is 10.9. The van der Waals surface area contributed by atoms with E-state index in [2.05, 4.69) is 58.0 Å². The van der Waals surface area contributed by atoms with E-state index in [9.17, 15) is 10.1 Å². The summed E-state index contributed by atoms with van der Waals surface area (Å²) in [5.74, 6) is 0. The van der Waals surface area contributed by atoms with Crippen molar-refractivity contribution >= 4 is 40.5 Å². The number of aromatic nitrogens is 2. The van der Waals surface area contributed by atoms with Gasteiger partial charge in [0.05, 0.1) is 16.7 Å². The second-order valence-corrected chi connectivity index (χ2v) is 9.84. The molecule has 1 fully saturated rings. The molecule has 1 aliphatic heterocycles. The summed E-state index contributed by atoms with van der Waals surface area (Å²) < 4.78 is 2.20. The van der Waals surface area contributed by atoms with Crippen LogP contribution in [0.3, 0.4) is 0 Å². The van der Waals surface area contributed by atoms with E-state index in [1.807, 2.05) is 30.3 Å². The van der Waals surface area contributed by atoms with Gasteiger partial charge in [-0.3, -0.25) is 15.1 Å². The van der Waals surface area contributed by atoms with Crippen LogP contribution in [-0.2, 0) is 7.05 Å². The van der Waals surface area contributed by atoms with Crippen LogP contribution in [0.4, 0.5) is 11.4 Å². The lowest BCUT2D eigenvalue weighted by Crippen LogP contribution is -2.30. The van der Waals surface area contributed by atoms with E-state index in [4.69, 9.17) is 12.2 Å². The highest BCUT2D eigenvalue weighted by Crippen LogP contribution is 2.42. The van der Waals surface area contributed by atoms with Crippen LogP contribution in [0.15, 0.2) is 94.9 Å². The van der Waals surface area contributed by atoms with Gasteiger partial charge in [-0.05, 0) is 79.8 Å². The molecule has 1 N–H and O–H groups in total. The fraction of sp³-hybridized carbons (Fsp3) is 0.154. The third-order valence-electron chi connectivity index (χ3n) is 6.21. The molecule has 0 spiro atoms. The molecule has 35 heavy (non-hydrogen) atoms. The van der Waals surface area contributed by atoms with Crippen LogP contribution in [0, 0.1) is 17.0 Å². The standard InChI is InChI=1S/C26H23N5O2S2/c1-17-6-15-23(29(17)2)25-24(22-5-3-4-16-27-22)28-26(34)30(25)18-7-11-20(12-8-18)35-21-13-9-19(10-14-21)31(32)33/h3-16,24-25H,1-2H3,(H,28,34)/t24-,25+/m1/s1. The zero-order valence-electron chi connectivity index (χ0n) is 19.2. The predicted octanol–water partition coefficient (Wildman–Crippen LogP) is 5.97. The lowest BCUT2D eigenvalue weighted by atomic mass is 10.0. The molecule has 0 aliphatic carbocycles. The highest BCUT2D eigenvalue weighted by atomic mass is 32.2. The van der Waals surface area contributed by atoms with Crippen LogP contribution in [0.25, 0.3) is 0 Å². The molecule has 2 atom stereocenters. The Hall–Kier alpha value is -3.69. The predicted molar refractivity (Wildman–Crippen MR) is 142 cm³/mol. The number of hydrogen-bond donors (Lipinski definition) is 1. The first kappa shape index (κ1) is 23.1. The van der Waals surface area contributed by atoms with Gasteiger partial charge in [0.15, 0.2) is 5.11 Å². The second kappa shape index (κ2) is 9.52. The lowest BCUT2D eigenvalue weighted by Gasteiger charge is -2.28. The molecule has 2 aromatic carbocycles. The van der Waals surface area contributed by atoms with Crippen molar-refractivity contribution in [1.29, 1.82) is 0 Å². The highest BCUT2D eigenvalue weighted by molar-refractivity contribution is 7.99. The van der Waals surface area contributed by atoms with Crippen molar-refractivity contribution in [1.82, 2.24) is 14.9 Å². The molecule has 5 rings (SSSR count). The molecule has 7 nitrogen and oxygen atoms in total. The Labute approximate surface area is 213 Å². The fourth-order valence-corrected chi connectivity index (χ4v) is 5.47. The summed E-state index contributed by atoms with van der Waals surface area (Å²) in [7, 11) is 2.07. The number of anilines is 1. The molecule has 0 bridgehead atoms. The largest absolute Gasteiger partial charge is 0.351 e. The molecule has 1 aliphatic rings. The zero-order chi connectivity index (χ0) is 24.5. The normalized spacial score (nSPS) is 17.4. The van der Waals surface area contributed by atoms with Gasteiger partial charge < -0.3 is 14.8 Å². The maximum Gasteiger partial charge on any atom is 0.269 e. The van der Waals surface area contributed by atoms with Crippen LogP contribution in [0.2, 0.25) is 0 Å². The van der Waals surface area contributed by atoms with Gasteiger partial charge in [0.2, 0.25) is 0 Å². The van der Waals surface area contributed by atoms with Gasteiger partial charge >= 0.3 is 0 Å². The minimum absolute atomic E-state index is 0.0655. The van der Waals surface area contributed by atoms with Crippen molar-refractivity contribution in [3.05, 3.63) is 112 Å². The Morgan fingerprint density at radius 2 is 1.69 bits per heavy atom. The Kier molecular flexibility index (Phi) is 6.27. The summed E-state index contributed by atoms with van der Waals surface area (Å²) in [6, 6.07) is 24.8. The summed E-state index contributed by atoms with van der Waals surface area (Å²) in [5, 5.41) is 15.0. The third kappa shape index (κ3) is 4.52.